The van der Waals surface area contributed by atoms with E-state index in [1.807, 2.05) is 31.2 Å². The van der Waals surface area contributed by atoms with Crippen molar-refractivity contribution in [2.24, 2.45) is 17.8 Å². The molecule has 1 aliphatic carbocycles. The maximum atomic E-state index is 14.0. The van der Waals surface area contributed by atoms with Gasteiger partial charge >= 0.3 is 0 Å². The highest BCUT2D eigenvalue weighted by molar-refractivity contribution is 8.02. The number of hydrogen-bond acceptors (Lipinski definition) is 6. The number of hydrogen-bond donors (Lipinski definition) is 3. The third-order valence-corrected chi connectivity index (χ3v) is 10.8. The first kappa shape index (κ1) is 26.4. The Hall–Kier alpha value is -2.26. The van der Waals surface area contributed by atoms with Gasteiger partial charge in [-0.3, -0.25) is 14.4 Å². The monoisotopic (exact) mass is 529 g/mol. The van der Waals surface area contributed by atoms with Crippen LogP contribution in [0.2, 0.25) is 0 Å². The van der Waals surface area contributed by atoms with Crippen molar-refractivity contribution in [1.29, 1.82) is 0 Å². The molecule has 4 aliphatic rings. The maximum absolute atomic E-state index is 14.0. The van der Waals surface area contributed by atoms with Gasteiger partial charge in [-0.25, -0.2) is 0 Å². The lowest BCUT2D eigenvalue weighted by atomic mass is 9.65. The van der Waals surface area contributed by atoms with Crippen LogP contribution < -0.4 is 15.4 Å². The zero-order valence-corrected chi connectivity index (χ0v) is 22.6. The summed E-state index contributed by atoms with van der Waals surface area (Å²) in [6, 6.07) is 6.79. The number of nitrogens with zero attached hydrogens (tertiary/aromatic N) is 1. The summed E-state index contributed by atoms with van der Waals surface area (Å²) in [5.74, 6) is -0.546. The molecule has 9 heteroatoms. The van der Waals surface area contributed by atoms with Crippen molar-refractivity contribution in [1.82, 2.24) is 10.2 Å². The topological polar surface area (TPSA) is 108 Å². The average molecular weight is 530 g/mol. The number of carbonyl (C=O) groups is 3. The molecule has 3 amide bonds. The Morgan fingerprint density at radius 3 is 2.57 bits per heavy atom. The van der Waals surface area contributed by atoms with Gasteiger partial charge in [-0.2, -0.15) is 0 Å². The SMILES string of the molecule is CCOc1ccc(NC(=O)[C@@H]2[C@H]3C(=O)N(CCCO)C(C(=O)NC4CCCCC4)C34S[C@@H]2CC4C)cc1. The van der Waals surface area contributed by atoms with Gasteiger partial charge in [-0.1, -0.05) is 26.2 Å². The second-order valence-corrected chi connectivity index (χ2v) is 12.5. The van der Waals surface area contributed by atoms with Gasteiger partial charge in [0, 0.05) is 30.1 Å². The molecule has 1 aromatic carbocycles. The van der Waals surface area contributed by atoms with Crippen LogP contribution in [0.15, 0.2) is 24.3 Å². The van der Waals surface area contributed by atoms with Crippen LogP contribution in [0.25, 0.3) is 0 Å². The molecule has 6 atom stereocenters. The van der Waals surface area contributed by atoms with E-state index in [1.165, 1.54) is 6.42 Å². The summed E-state index contributed by atoms with van der Waals surface area (Å²) >= 11 is 1.69. The third kappa shape index (κ3) is 4.62. The van der Waals surface area contributed by atoms with E-state index in [9.17, 15) is 19.5 Å². The number of aliphatic hydroxyl groups excluding tert-OH is 1. The van der Waals surface area contributed by atoms with E-state index in [0.717, 1.165) is 37.9 Å². The number of ether oxygens (including phenoxy) is 1. The van der Waals surface area contributed by atoms with Gasteiger partial charge in [0.05, 0.1) is 23.2 Å². The lowest BCUT2D eigenvalue weighted by Crippen LogP contribution is -2.58. The molecule has 3 heterocycles. The standard InChI is InChI=1S/C28H39N3O5S/c1-3-36-20-12-10-19(11-13-20)29-25(33)22-21-16-17(2)28(37-21)23(22)27(35)31(14-7-15-32)24(28)26(34)30-18-8-5-4-6-9-18/h10-13,17-18,21-24,32H,3-9,14-16H2,1-2H3,(H,29,33)(H,30,34)/t17?,21-,22+,23+,24?,28?/m1/s1. The number of nitrogens with one attached hydrogen (secondary N) is 2. The van der Waals surface area contributed by atoms with E-state index < -0.39 is 22.6 Å². The van der Waals surface area contributed by atoms with Gasteiger partial charge in [0.25, 0.3) is 0 Å². The minimum Gasteiger partial charge on any atom is -0.494 e. The number of thioether (sulfide) groups is 1. The van der Waals surface area contributed by atoms with Crippen LogP contribution in [0.1, 0.15) is 58.8 Å². The van der Waals surface area contributed by atoms with E-state index in [2.05, 4.69) is 17.6 Å². The van der Waals surface area contributed by atoms with E-state index in [4.69, 9.17) is 4.74 Å². The van der Waals surface area contributed by atoms with Gasteiger partial charge < -0.3 is 25.4 Å². The zero-order chi connectivity index (χ0) is 26.2. The molecule has 4 fully saturated rings. The molecule has 1 aromatic rings. The lowest BCUT2D eigenvalue weighted by Gasteiger charge is -2.39. The summed E-state index contributed by atoms with van der Waals surface area (Å²) in [6.45, 7) is 4.89. The number of fused-ring (bicyclic) bond motifs is 1. The Kier molecular flexibility index (Phi) is 7.73. The molecule has 1 spiro atoms. The number of rotatable bonds is 9. The van der Waals surface area contributed by atoms with Crippen LogP contribution in [0.4, 0.5) is 5.69 Å². The van der Waals surface area contributed by atoms with Gasteiger partial charge in [0.15, 0.2) is 0 Å². The fourth-order valence-corrected chi connectivity index (χ4v) is 9.58. The molecule has 202 valence electrons. The molecule has 8 nitrogen and oxygen atoms in total. The summed E-state index contributed by atoms with van der Waals surface area (Å²) in [7, 11) is 0. The number of likely N-dealkylation sites (tertiary alicyclic amines) is 1. The summed E-state index contributed by atoms with van der Waals surface area (Å²) in [4.78, 5) is 43.2. The molecule has 0 aromatic heterocycles. The van der Waals surface area contributed by atoms with Gasteiger partial charge in [-0.05, 0) is 62.8 Å². The number of carbonyl (C=O) groups excluding carboxylic acids is 3. The first-order valence-corrected chi connectivity index (χ1v) is 14.7. The minimum atomic E-state index is -0.628. The summed E-state index contributed by atoms with van der Waals surface area (Å²) in [5, 5.41) is 15.8. The largest absolute Gasteiger partial charge is 0.494 e. The number of amides is 3. The molecule has 3 N–H and O–H groups in total. The molecule has 0 radical (unpaired) electrons. The van der Waals surface area contributed by atoms with Crippen molar-refractivity contribution in [3.8, 4) is 5.75 Å². The quantitative estimate of drug-likeness (QED) is 0.454. The second-order valence-electron chi connectivity index (χ2n) is 11.0. The molecule has 3 aliphatic heterocycles. The van der Waals surface area contributed by atoms with Crippen LogP contribution in [0.3, 0.4) is 0 Å². The van der Waals surface area contributed by atoms with Crippen LogP contribution in [-0.4, -0.2) is 69.6 Å². The minimum absolute atomic E-state index is 0.00313. The van der Waals surface area contributed by atoms with Crippen LogP contribution in [-0.2, 0) is 14.4 Å². The highest BCUT2D eigenvalue weighted by atomic mass is 32.2. The highest BCUT2D eigenvalue weighted by Gasteiger charge is 2.75. The first-order chi connectivity index (χ1) is 17.9. The van der Waals surface area contributed by atoms with Crippen LogP contribution in [0, 0.1) is 17.8 Å². The van der Waals surface area contributed by atoms with E-state index in [0.29, 0.717) is 25.3 Å². The fraction of sp³-hybridized carbons (Fsp3) is 0.679. The van der Waals surface area contributed by atoms with Crippen molar-refractivity contribution in [2.75, 3.05) is 25.1 Å². The summed E-state index contributed by atoms with van der Waals surface area (Å²) < 4.78 is 4.87. The zero-order valence-electron chi connectivity index (χ0n) is 21.8. The van der Waals surface area contributed by atoms with Gasteiger partial charge in [0.1, 0.15) is 11.8 Å². The molecule has 3 saturated heterocycles. The Balaban J connectivity index is 1.41. The van der Waals surface area contributed by atoms with Crippen molar-refractivity contribution < 1.29 is 24.2 Å². The Morgan fingerprint density at radius 2 is 1.89 bits per heavy atom. The molecular formula is C28H39N3O5S. The lowest BCUT2D eigenvalue weighted by molar-refractivity contribution is -0.139. The van der Waals surface area contributed by atoms with Crippen molar-refractivity contribution in [2.45, 2.75) is 80.9 Å². The molecule has 5 rings (SSSR count). The first-order valence-electron chi connectivity index (χ1n) is 13.8. The maximum Gasteiger partial charge on any atom is 0.244 e. The average Bonchev–Trinajstić information content (AvgIpc) is 3.48. The molecular weight excluding hydrogens is 490 g/mol. The van der Waals surface area contributed by atoms with Crippen LogP contribution >= 0.6 is 11.8 Å². The number of benzene rings is 1. The summed E-state index contributed by atoms with van der Waals surface area (Å²) in [5.41, 5.74) is 0.664. The summed E-state index contributed by atoms with van der Waals surface area (Å²) in [6.07, 6.45) is 6.57. The predicted molar refractivity (Wildman–Crippen MR) is 143 cm³/mol. The Bertz CT molecular complexity index is 1010. The normalized spacial score (nSPS) is 32.9. The van der Waals surface area contributed by atoms with Crippen molar-refractivity contribution in [3.05, 3.63) is 24.3 Å². The van der Waals surface area contributed by atoms with E-state index in [1.54, 1.807) is 16.7 Å². The number of anilines is 1. The molecule has 37 heavy (non-hydrogen) atoms. The second kappa shape index (κ2) is 10.8. The predicted octanol–water partition coefficient (Wildman–Crippen LogP) is 3.19. The smallest absolute Gasteiger partial charge is 0.244 e. The highest BCUT2D eigenvalue weighted by Crippen LogP contribution is 2.68. The van der Waals surface area contributed by atoms with Crippen molar-refractivity contribution >= 4 is 35.2 Å². The molecule has 2 bridgehead atoms. The van der Waals surface area contributed by atoms with E-state index >= 15 is 0 Å². The Labute approximate surface area is 223 Å². The van der Waals surface area contributed by atoms with Crippen molar-refractivity contribution in [3.63, 3.8) is 0 Å². The van der Waals surface area contributed by atoms with Gasteiger partial charge in [-0.15, -0.1) is 11.8 Å². The van der Waals surface area contributed by atoms with Crippen LogP contribution in [0.5, 0.6) is 5.75 Å². The van der Waals surface area contributed by atoms with Gasteiger partial charge in [0.2, 0.25) is 17.7 Å². The fourth-order valence-electron chi connectivity index (χ4n) is 7.16. The Morgan fingerprint density at radius 1 is 1.16 bits per heavy atom. The van der Waals surface area contributed by atoms with E-state index in [-0.39, 0.29) is 41.5 Å². The third-order valence-electron chi connectivity index (χ3n) is 8.74. The molecule has 3 unspecified atom stereocenters. The number of aliphatic hydroxyl groups is 1. The molecule has 1 saturated carbocycles.